The van der Waals surface area contributed by atoms with E-state index in [-0.39, 0.29) is 12.1 Å². The number of urea groups is 1. The molecule has 2 amide bonds. The Morgan fingerprint density at radius 1 is 1.06 bits per heavy atom. The number of para-hydroxylation sites is 1. The van der Waals surface area contributed by atoms with Crippen LogP contribution in [0, 0.1) is 0 Å². The molecule has 0 saturated carbocycles. The fourth-order valence-electron chi connectivity index (χ4n) is 4.68. The Kier molecular flexibility index (Phi) is 6.39. The van der Waals surface area contributed by atoms with Crippen LogP contribution in [-0.2, 0) is 13.1 Å². The molecular weight excluding hydrogens is 418 g/mol. The standard InChI is InChI=1S/C25H31N5OS/c1-28-12-14-29(15-13-28)18-20-7-4-6-19(16-20)17-26-25(31)30-11-5-9-22(30)24-27-21-8-2-3-10-23(21)32-24/h2-4,6-8,10,16,22H,5,9,11-15,17-18H2,1H3,(H,26,31). The molecule has 1 aromatic heterocycles. The lowest BCUT2D eigenvalue weighted by Gasteiger charge is -2.32. The predicted octanol–water partition coefficient (Wildman–Crippen LogP) is 4.09. The number of fused-ring (bicyclic) bond motifs is 1. The number of aromatic nitrogens is 1. The Morgan fingerprint density at radius 2 is 1.88 bits per heavy atom. The third-order valence-electron chi connectivity index (χ3n) is 6.55. The lowest BCUT2D eigenvalue weighted by Crippen LogP contribution is -2.43. The summed E-state index contributed by atoms with van der Waals surface area (Å²) in [6.45, 7) is 6.79. The van der Waals surface area contributed by atoms with Crippen LogP contribution in [0.5, 0.6) is 0 Å². The van der Waals surface area contributed by atoms with E-state index in [1.807, 2.05) is 23.1 Å². The molecular formula is C25H31N5OS. The van der Waals surface area contributed by atoms with Crippen molar-refractivity contribution in [2.45, 2.75) is 32.0 Å². The molecule has 32 heavy (non-hydrogen) atoms. The number of carbonyl (C=O) groups is 1. The van der Waals surface area contributed by atoms with Crippen molar-refractivity contribution >= 4 is 27.6 Å². The van der Waals surface area contributed by atoms with E-state index < -0.39 is 0 Å². The second kappa shape index (κ2) is 9.57. The first-order valence-corrected chi connectivity index (χ1v) is 12.4. The van der Waals surface area contributed by atoms with Crippen LogP contribution >= 0.6 is 11.3 Å². The van der Waals surface area contributed by atoms with Gasteiger partial charge in [0, 0.05) is 45.8 Å². The first-order chi connectivity index (χ1) is 15.7. The molecule has 3 heterocycles. The summed E-state index contributed by atoms with van der Waals surface area (Å²) in [6, 6.07) is 16.9. The number of piperazine rings is 1. The van der Waals surface area contributed by atoms with E-state index in [1.54, 1.807) is 11.3 Å². The number of likely N-dealkylation sites (tertiary alicyclic amines) is 1. The number of likely N-dealkylation sites (N-methyl/N-ethyl adjacent to an activating group) is 1. The van der Waals surface area contributed by atoms with Crippen molar-refractivity contribution in [3.8, 4) is 0 Å². The quantitative estimate of drug-likeness (QED) is 0.637. The first kappa shape index (κ1) is 21.4. The number of hydrogen-bond donors (Lipinski definition) is 1. The van der Waals surface area contributed by atoms with Crippen LogP contribution in [-0.4, -0.2) is 65.5 Å². The molecule has 0 radical (unpaired) electrons. The molecule has 2 aromatic carbocycles. The van der Waals surface area contributed by atoms with Gasteiger partial charge in [-0.1, -0.05) is 36.4 Å². The van der Waals surface area contributed by atoms with Crippen molar-refractivity contribution in [1.82, 2.24) is 25.0 Å². The lowest BCUT2D eigenvalue weighted by atomic mass is 10.1. The highest BCUT2D eigenvalue weighted by atomic mass is 32.1. The van der Waals surface area contributed by atoms with E-state index in [2.05, 4.69) is 52.5 Å². The van der Waals surface area contributed by atoms with Gasteiger partial charge in [-0.25, -0.2) is 9.78 Å². The summed E-state index contributed by atoms with van der Waals surface area (Å²) < 4.78 is 1.19. The van der Waals surface area contributed by atoms with Crippen LogP contribution in [0.15, 0.2) is 48.5 Å². The molecule has 3 aromatic rings. The van der Waals surface area contributed by atoms with Crippen LogP contribution in [0.4, 0.5) is 4.79 Å². The van der Waals surface area contributed by atoms with Crippen LogP contribution in [0.1, 0.15) is 35.0 Å². The average molecular weight is 450 g/mol. The maximum atomic E-state index is 13.0. The lowest BCUT2D eigenvalue weighted by molar-refractivity contribution is 0.148. The summed E-state index contributed by atoms with van der Waals surface area (Å²) in [4.78, 5) is 24.7. The largest absolute Gasteiger partial charge is 0.334 e. The molecule has 2 aliphatic rings. The van der Waals surface area contributed by atoms with Crippen LogP contribution < -0.4 is 5.32 Å². The number of amides is 2. The highest BCUT2D eigenvalue weighted by Crippen LogP contribution is 2.36. The first-order valence-electron chi connectivity index (χ1n) is 11.5. The zero-order valence-electron chi connectivity index (χ0n) is 18.7. The van der Waals surface area contributed by atoms with Gasteiger partial charge < -0.3 is 15.1 Å². The third-order valence-corrected chi connectivity index (χ3v) is 7.68. The van der Waals surface area contributed by atoms with Gasteiger partial charge >= 0.3 is 6.03 Å². The summed E-state index contributed by atoms with van der Waals surface area (Å²) >= 11 is 1.71. The van der Waals surface area contributed by atoms with Gasteiger partial charge in [0.2, 0.25) is 0 Å². The summed E-state index contributed by atoms with van der Waals surface area (Å²) in [5.41, 5.74) is 3.49. The minimum absolute atomic E-state index is 0.0104. The third kappa shape index (κ3) is 4.80. The zero-order chi connectivity index (χ0) is 21.9. The second-order valence-corrected chi connectivity index (χ2v) is 9.99. The molecule has 1 unspecified atom stereocenters. The summed E-state index contributed by atoms with van der Waals surface area (Å²) in [6.07, 6.45) is 2.00. The number of hydrogen-bond acceptors (Lipinski definition) is 5. The van der Waals surface area contributed by atoms with Gasteiger partial charge in [-0.3, -0.25) is 4.90 Å². The van der Waals surface area contributed by atoms with Crippen molar-refractivity contribution in [3.05, 3.63) is 64.7 Å². The molecule has 1 atom stereocenters. The maximum absolute atomic E-state index is 13.0. The van der Waals surface area contributed by atoms with Crippen molar-refractivity contribution < 1.29 is 4.79 Å². The molecule has 7 heteroatoms. The molecule has 0 bridgehead atoms. The van der Waals surface area contributed by atoms with Crippen molar-refractivity contribution in [3.63, 3.8) is 0 Å². The van der Waals surface area contributed by atoms with Crippen LogP contribution in [0.25, 0.3) is 10.2 Å². The van der Waals surface area contributed by atoms with Crippen molar-refractivity contribution in [2.75, 3.05) is 39.8 Å². The van der Waals surface area contributed by atoms with Crippen LogP contribution in [0.2, 0.25) is 0 Å². The van der Waals surface area contributed by atoms with Gasteiger partial charge in [0.25, 0.3) is 0 Å². The highest BCUT2D eigenvalue weighted by molar-refractivity contribution is 7.18. The monoisotopic (exact) mass is 449 g/mol. The summed E-state index contributed by atoms with van der Waals surface area (Å²) in [7, 11) is 2.18. The van der Waals surface area contributed by atoms with E-state index in [0.717, 1.165) is 68.2 Å². The van der Waals surface area contributed by atoms with Gasteiger partial charge in [0.1, 0.15) is 5.01 Å². The van der Waals surface area contributed by atoms with Gasteiger partial charge in [-0.15, -0.1) is 11.3 Å². The number of carbonyl (C=O) groups excluding carboxylic acids is 1. The van der Waals surface area contributed by atoms with E-state index >= 15 is 0 Å². The van der Waals surface area contributed by atoms with E-state index in [9.17, 15) is 4.79 Å². The minimum atomic E-state index is 0.0104. The molecule has 2 aliphatic heterocycles. The van der Waals surface area contributed by atoms with Crippen LogP contribution in [0.3, 0.4) is 0 Å². The molecule has 2 saturated heterocycles. The summed E-state index contributed by atoms with van der Waals surface area (Å²) in [5, 5.41) is 4.20. The van der Waals surface area contributed by atoms with Gasteiger partial charge in [-0.2, -0.15) is 0 Å². The number of nitrogens with one attached hydrogen (secondary N) is 1. The maximum Gasteiger partial charge on any atom is 0.318 e. The summed E-state index contributed by atoms with van der Waals surface area (Å²) in [5.74, 6) is 0. The second-order valence-electron chi connectivity index (χ2n) is 8.93. The molecule has 168 valence electrons. The molecule has 6 nitrogen and oxygen atoms in total. The molecule has 5 rings (SSSR count). The minimum Gasteiger partial charge on any atom is -0.334 e. The smallest absolute Gasteiger partial charge is 0.318 e. The van der Waals surface area contributed by atoms with Crippen molar-refractivity contribution in [2.24, 2.45) is 0 Å². The van der Waals surface area contributed by atoms with Gasteiger partial charge in [0.15, 0.2) is 0 Å². The normalized spacial score (nSPS) is 20.2. The number of thiazole rings is 1. The van der Waals surface area contributed by atoms with E-state index in [0.29, 0.717) is 6.54 Å². The fourth-order valence-corrected chi connectivity index (χ4v) is 5.80. The molecule has 0 aliphatic carbocycles. The Morgan fingerprint density at radius 3 is 2.72 bits per heavy atom. The van der Waals surface area contributed by atoms with E-state index in [4.69, 9.17) is 4.98 Å². The van der Waals surface area contributed by atoms with Crippen molar-refractivity contribution in [1.29, 1.82) is 0 Å². The Hall–Kier alpha value is -2.48. The molecule has 0 spiro atoms. The predicted molar refractivity (Wildman–Crippen MR) is 130 cm³/mol. The van der Waals surface area contributed by atoms with Gasteiger partial charge in [0.05, 0.1) is 16.3 Å². The zero-order valence-corrected chi connectivity index (χ0v) is 19.5. The Labute approximate surface area is 193 Å². The topological polar surface area (TPSA) is 51.7 Å². The SMILES string of the molecule is CN1CCN(Cc2cccc(CNC(=O)N3CCCC3c3nc4ccccc4s3)c2)CC1. The molecule has 2 fully saturated rings. The average Bonchev–Trinajstić information content (AvgIpc) is 3.46. The molecule has 1 N–H and O–H groups in total. The van der Waals surface area contributed by atoms with E-state index in [1.165, 1.54) is 10.3 Å². The number of rotatable bonds is 5. The van der Waals surface area contributed by atoms with Gasteiger partial charge in [-0.05, 0) is 43.1 Å². The highest BCUT2D eigenvalue weighted by Gasteiger charge is 2.32. The number of benzene rings is 2. The fraction of sp³-hybridized carbons (Fsp3) is 0.440. The Bertz CT molecular complexity index is 1040. The number of nitrogens with zero attached hydrogens (tertiary/aromatic N) is 4. The Balaban J connectivity index is 1.19.